The first-order valence-corrected chi connectivity index (χ1v) is 4.15. The van der Waals surface area contributed by atoms with Gasteiger partial charge in [0.2, 0.25) is 0 Å². The molecule has 0 saturated heterocycles. The van der Waals surface area contributed by atoms with Crippen LogP contribution in [0.3, 0.4) is 0 Å². The topological polar surface area (TPSA) is 104 Å². The third kappa shape index (κ3) is 2.38. The Labute approximate surface area is 89.6 Å². The minimum absolute atomic E-state index is 0.0210. The molecule has 5 N–H and O–H groups in total. The summed E-state index contributed by atoms with van der Waals surface area (Å²) in [5.41, 5.74) is 5.31. The van der Waals surface area contributed by atoms with Crippen LogP contribution in [-0.2, 0) is 4.79 Å². The van der Waals surface area contributed by atoms with Crippen molar-refractivity contribution in [1.29, 1.82) is 0 Å². The molecule has 0 bridgehead atoms. The molecular formula is C10H13NO4. The quantitative estimate of drug-likeness (QED) is 0.551. The van der Waals surface area contributed by atoms with Crippen LogP contribution < -0.4 is 5.73 Å². The molecule has 0 saturated carbocycles. The zero-order valence-electron chi connectivity index (χ0n) is 10.1. The molecule has 2 atom stereocenters. The summed E-state index contributed by atoms with van der Waals surface area (Å²) in [6.45, 7) is 1.15. The standard InChI is InChI=1S/C10H13NO4/c1-5(9(11)10(14)15)6-2-3-7(12)8(13)4-6/h2-5,9,12-13H,11H2,1H3,(H,14,15)/t5?,9-/m0/s1/i5D,9D. The number of aromatic hydroxyl groups is 2. The molecule has 0 aromatic heterocycles. The summed E-state index contributed by atoms with van der Waals surface area (Å²) in [5.74, 6) is -4.53. The summed E-state index contributed by atoms with van der Waals surface area (Å²) < 4.78 is 15.4. The summed E-state index contributed by atoms with van der Waals surface area (Å²) in [6.07, 6.45) is 0. The Balaban J connectivity index is 3.30. The minimum Gasteiger partial charge on any atom is -0.504 e. The number of rotatable bonds is 3. The van der Waals surface area contributed by atoms with Crippen LogP contribution >= 0.6 is 0 Å². The summed E-state index contributed by atoms with van der Waals surface area (Å²) in [5, 5.41) is 27.2. The molecule has 5 nitrogen and oxygen atoms in total. The van der Waals surface area contributed by atoms with Crippen LogP contribution in [0.2, 0.25) is 0 Å². The maximum atomic E-state index is 10.8. The van der Waals surface area contributed by atoms with Crippen molar-refractivity contribution < 1.29 is 22.9 Å². The number of benzene rings is 1. The van der Waals surface area contributed by atoms with Gasteiger partial charge in [-0.2, -0.15) is 0 Å². The molecule has 0 fully saturated rings. The van der Waals surface area contributed by atoms with Crippen LogP contribution in [0.1, 0.15) is 21.1 Å². The lowest BCUT2D eigenvalue weighted by atomic mass is 9.94. The second-order valence-corrected chi connectivity index (χ2v) is 3.05. The summed E-state index contributed by atoms with van der Waals surface area (Å²) in [4.78, 5) is 10.8. The molecule has 1 rings (SSSR count). The Morgan fingerprint density at radius 1 is 1.47 bits per heavy atom. The van der Waals surface area contributed by atoms with Gasteiger partial charge < -0.3 is 21.1 Å². The van der Waals surface area contributed by atoms with Gasteiger partial charge in [0, 0.05) is 7.26 Å². The fourth-order valence-electron chi connectivity index (χ4n) is 1.07. The number of carboxylic acids is 1. The van der Waals surface area contributed by atoms with E-state index in [1.807, 2.05) is 0 Å². The maximum absolute atomic E-state index is 10.8. The Bertz CT molecular complexity index is 460. The maximum Gasteiger partial charge on any atom is 0.321 e. The van der Waals surface area contributed by atoms with Gasteiger partial charge in [-0.3, -0.25) is 4.79 Å². The highest BCUT2D eigenvalue weighted by molar-refractivity contribution is 5.74. The fraction of sp³-hybridized carbons (Fsp3) is 0.300. The van der Waals surface area contributed by atoms with Gasteiger partial charge in [-0.05, 0) is 17.7 Å². The highest BCUT2D eigenvalue weighted by atomic mass is 16.4. The van der Waals surface area contributed by atoms with E-state index in [-0.39, 0.29) is 5.56 Å². The molecule has 5 heteroatoms. The van der Waals surface area contributed by atoms with Crippen molar-refractivity contribution in [2.75, 3.05) is 0 Å². The van der Waals surface area contributed by atoms with E-state index in [0.717, 1.165) is 19.1 Å². The van der Waals surface area contributed by atoms with Crippen molar-refractivity contribution in [2.45, 2.75) is 18.8 Å². The van der Waals surface area contributed by atoms with Gasteiger partial charge in [-0.1, -0.05) is 13.0 Å². The SMILES string of the molecule is [2H]C(C)(c1ccc(O)c(O)c1)[C@]([2H])(N)C(=O)O. The molecule has 0 heterocycles. The van der Waals surface area contributed by atoms with Crippen molar-refractivity contribution in [2.24, 2.45) is 5.73 Å². The lowest BCUT2D eigenvalue weighted by Crippen LogP contribution is -2.35. The number of phenolic OH excluding ortho intramolecular Hbond substituents is 2. The average molecular weight is 213 g/mol. The van der Waals surface area contributed by atoms with Gasteiger partial charge in [0.1, 0.15) is 6.02 Å². The smallest absolute Gasteiger partial charge is 0.321 e. The molecule has 0 radical (unpaired) electrons. The highest BCUT2D eigenvalue weighted by Gasteiger charge is 2.22. The van der Waals surface area contributed by atoms with Gasteiger partial charge in [0.25, 0.3) is 0 Å². The van der Waals surface area contributed by atoms with E-state index in [0.29, 0.717) is 0 Å². The van der Waals surface area contributed by atoms with Crippen LogP contribution in [0.4, 0.5) is 0 Å². The Hall–Kier alpha value is -1.75. The third-order valence-corrected chi connectivity index (χ3v) is 2.04. The first-order chi connectivity index (χ1) is 7.60. The second-order valence-electron chi connectivity index (χ2n) is 3.05. The minimum atomic E-state index is -2.57. The number of hydrogen-bond donors (Lipinski definition) is 4. The number of phenols is 2. The molecule has 1 unspecified atom stereocenters. The van der Waals surface area contributed by atoms with E-state index in [4.69, 9.17) is 18.7 Å². The summed E-state index contributed by atoms with van der Waals surface area (Å²) >= 11 is 0. The van der Waals surface area contributed by atoms with E-state index < -0.39 is 29.4 Å². The predicted molar refractivity (Wildman–Crippen MR) is 53.8 cm³/mol. The monoisotopic (exact) mass is 213 g/mol. The Kier molecular flexibility index (Phi) is 2.38. The molecule has 1 aromatic carbocycles. The van der Waals surface area contributed by atoms with E-state index in [9.17, 15) is 9.90 Å². The summed E-state index contributed by atoms with van der Waals surface area (Å²) in [6, 6.07) is 0.786. The van der Waals surface area contributed by atoms with E-state index >= 15 is 0 Å². The first-order valence-electron chi connectivity index (χ1n) is 5.15. The number of aliphatic carboxylic acids is 1. The first kappa shape index (κ1) is 8.55. The second kappa shape index (κ2) is 4.18. The number of carbonyl (C=O) groups is 1. The molecule has 0 amide bonds. The van der Waals surface area contributed by atoms with Gasteiger partial charge >= 0.3 is 5.97 Å². The van der Waals surface area contributed by atoms with Crippen LogP contribution in [0, 0.1) is 0 Å². The van der Waals surface area contributed by atoms with Crippen molar-refractivity contribution in [3.63, 3.8) is 0 Å². The van der Waals surface area contributed by atoms with E-state index in [1.54, 1.807) is 0 Å². The van der Waals surface area contributed by atoms with E-state index in [2.05, 4.69) is 0 Å². The Morgan fingerprint density at radius 2 is 2.07 bits per heavy atom. The van der Waals surface area contributed by atoms with Gasteiger partial charge in [-0.15, -0.1) is 0 Å². The van der Waals surface area contributed by atoms with Crippen molar-refractivity contribution in [1.82, 2.24) is 0 Å². The molecule has 0 aliphatic carbocycles. The van der Waals surface area contributed by atoms with Crippen molar-refractivity contribution >= 4 is 5.97 Å². The zero-order valence-corrected chi connectivity index (χ0v) is 8.06. The summed E-state index contributed by atoms with van der Waals surface area (Å²) in [7, 11) is 0. The number of nitrogens with two attached hydrogens (primary N) is 1. The molecule has 15 heavy (non-hydrogen) atoms. The molecule has 0 spiro atoms. The molecular weight excluding hydrogens is 198 g/mol. The third-order valence-electron chi connectivity index (χ3n) is 2.04. The average Bonchev–Trinajstić information content (AvgIpc) is 2.21. The predicted octanol–water partition coefficient (Wildman–Crippen LogP) is 0.613. The molecule has 1 aromatic rings. The zero-order chi connectivity index (χ0) is 13.4. The number of hydrogen-bond acceptors (Lipinski definition) is 4. The van der Waals surface area contributed by atoms with Gasteiger partial charge in [-0.25, -0.2) is 0 Å². The lowest BCUT2D eigenvalue weighted by molar-refractivity contribution is -0.139. The number of carboxylic acid groups (broad SMARTS) is 1. The molecule has 0 aliphatic rings. The highest BCUT2D eigenvalue weighted by Crippen LogP contribution is 2.29. The van der Waals surface area contributed by atoms with Crippen molar-refractivity contribution in [3.8, 4) is 11.5 Å². The Morgan fingerprint density at radius 3 is 2.53 bits per heavy atom. The van der Waals surface area contributed by atoms with Crippen LogP contribution in [0.25, 0.3) is 0 Å². The van der Waals surface area contributed by atoms with Gasteiger partial charge in [0.15, 0.2) is 11.5 Å². The van der Waals surface area contributed by atoms with Crippen LogP contribution in [0.5, 0.6) is 11.5 Å². The largest absolute Gasteiger partial charge is 0.504 e. The lowest BCUT2D eigenvalue weighted by Gasteiger charge is -2.16. The fourth-order valence-corrected chi connectivity index (χ4v) is 1.07. The molecule has 82 valence electrons. The van der Waals surface area contributed by atoms with Gasteiger partial charge in [0.05, 0.1) is 1.37 Å². The van der Waals surface area contributed by atoms with Crippen LogP contribution in [0.15, 0.2) is 18.2 Å². The normalized spacial score (nSPS) is 20.7. The molecule has 0 aliphatic heterocycles. The van der Waals surface area contributed by atoms with Crippen molar-refractivity contribution in [3.05, 3.63) is 23.8 Å². The van der Waals surface area contributed by atoms with E-state index in [1.165, 1.54) is 6.07 Å². The van der Waals surface area contributed by atoms with Crippen LogP contribution in [-0.4, -0.2) is 27.3 Å².